The summed E-state index contributed by atoms with van der Waals surface area (Å²) >= 11 is 0. The highest BCUT2D eigenvalue weighted by Crippen LogP contribution is 1.96. The van der Waals surface area contributed by atoms with E-state index in [9.17, 15) is 34.6 Å². The molecule has 0 aromatic carbocycles. The number of nitrogens with zero attached hydrogens (tertiary/aromatic N) is 3. The maximum atomic E-state index is 11.5. The third-order valence-corrected chi connectivity index (χ3v) is 3.10. The van der Waals surface area contributed by atoms with Gasteiger partial charge >= 0.3 is 5.97 Å². The molecule has 0 aliphatic heterocycles. The summed E-state index contributed by atoms with van der Waals surface area (Å²) in [5, 5.41) is 22.5. The number of carbonyl (C=O) groups is 3. The van der Waals surface area contributed by atoms with Gasteiger partial charge in [0.25, 0.3) is 10.2 Å². The molecule has 0 aliphatic rings. The zero-order valence-electron chi connectivity index (χ0n) is 17.3. The molecule has 1 heterocycles. The summed E-state index contributed by atoms with van der Waals surface area (Å²) in [4.78, 5) is 68.5. The zero-order valence-corrected chi connectivity index (χ0v) is 17.3. The first kappa shape index (κ1) is 28.0. The predicted molar refractivity (Wildman–Crippen MR) is 102 cm³/mol. The van der Waals surface area contributed by atoms with Gasteiger partial charge in [0.15, 0.2) is 6.10 Å². The highest BCUT2D eigenvalue weighted by molar-refractivity contribution is 5.82. The van der Waals surface area contributed by atoms with Gasteiger partial charge in [-0.3, -0.25) is 14.4 Å². The molecule has 0 bridgehead atoms. The molecule has 2 amide bonds. The average molecular weight is 464 g/mol. The first-order chi connectivity index (χ1) is 15.1. The molecule has 180 valence electrons. The van der Waals surface area contributed by atoms with Crippen LogP contribution < -0.4 is 10.6 Å². The van der Waals surface area contributed by atoms with Crippen molar-refractivity contribution in [3.05, 3.63) is 38.4 Å². The van der Waals surface area contributed by atoms with Crippen molar-refractivity contribution in [3.63, 3.8) is 0 Å². The Kier molecular flexibility index (Phi) is 14.6. The van der Waals surface area contributed by atoms with Crippen LogP contribution in [0.5, 0.6) is 0 Å². The maximum Gasteiger partial charge on any atom is 0.325 e. The lowest BCUT2D eigenvalue weighted by molar-refractivity contribution is -0.790. The number of H-pyrrole nitrogens is 1. The van der Waals surface area contributed by atoms with Gasteiger partial charge < -0.3 is 34.8 Å². The smallest absolute Gasteiger partial charge is 0.325 e. The summed E-state index contributed by atoms with van der Waals surface area (Å²) < 4.78 is 9.16. The van der Waals surface area contributed by atoms with Crippen molar-refractivity contribution < 1.29 is 43.7 Å². The Morgan fingerprint density at radius 2 is 1.88 bits per heavy atom. The summed E-state index contributed by atoms with van der Waals surface area (Å²) in [7, 11) is 1.17. The highest BCUT2D eigenvalue weighted by Gasteiger charge is 2.17. The van der Waals surface area contributed by atoms with Crippen LogP contribution in [0.15, 0.2) is 12.5 Å². The van der Waals surface area contributed by atoms with Gasteiger partial charge in [-0.25, -0.2) is 4.98 Å². The van der Waals surface area contributed by atoms with Gasteiger partial charge in [-0.15, -0.1) is 20.2 Å². The maximum absolute atomic E-state index is 11.5. The fraction of sp³-hybridized carbons (Fsp3) is 0.600. The second-order valence-electron chi connectivity index (χ2n) is 5.67. The van der Waals surface area contributed by atoms with E-state index in [1.54, 1.807) is 12.5 Å². The van der Waals surface area contributed by atoms with Gasteiger partial charge in [0.05, 0.1) is 20.0 Å². The molecule has 0 aliphatic carbocycles. The van der Waals surface area contributed by atoms with E-state index in [4.69, 9.17) is 4.74 Å². The molecule has 0 fully saturated rings. The van der Waals surface area contributed by atoms with Gasteiger partial charge in [-0.1, -0.05) is 0 Å². The monoisotopic (exact) mass is 464 g/mol. The third-order valence-electron chi connectivity index (χ3n) is 3.10. The summed E-state index contributed by atoms with van der Waals surface area (Å²) in [6, 6.07) is 0. The van der Waals surface area contributed by atoms with Crippen LogP contribution in [0.2, 0.25) is 0 Å². The van der Waals surface area contributed by atoms with Gasteiger partial charge in [-0.05, 0) is 6.92 Å². The average Bonchev–Trinajstić information content (AvgIpc) is 3.21. The standard InChI is InChI=1S/C11H18N4O11.C4H6N2/c1-23-11(18)4-13-9(16)2-3-12-10(17)7-24-5-8(26-15(21)22)6-25-14(19)20;1-4-2-5-3-6-4/h8H,2-7H2,1H3,(H,12,17)(H,13,16);2-3H,1H3,(H,5,6). The van der Waals surface area contributed by atoms with E-state index in [1.807, 2.05) is 6.92 Å². The van der Waals surface area contributed by atoms with Crippen LogP contribution in [-0.2, 0) is 33.5 Å². The van der Waals surface area contributed by atoms with Crippen LogP contribution >= 0.6 is 0 Å². The van der Waals surface area contributed by atoms with Crippen LogP contribution in [0.25, 0.3) is 0 Å². The summed E-state index contributed by atoms with van der Waals surface area (Å²) in [5.41, 5.74) is 1.11. The van der Waals surface area contributed by atoms with Crippen LogP contribution in [0.4, 0.5) is 0 Å². The van der Waals surface area contributed by atoms with E-state index in [0.29, 0.717) is 0 Å². The van der Waals surface area contributed by atoms with E-state index in [0.717, 1.165) is 5.69 Å². The predicted octanol–water partition coefficient (Wildman–Crippen LogP) is -1.70. The Balaban J connectivity index is 0.00000136. The minimum absolute atomic E-state index is 0.0472. The molecule has 1 atom stereocenters. The van der Waals surface area contributed by atoms with Gasteiger partial charge in [0.2, 0.25) is 11.8 Å². The second-order valence-corrected chi connectivity index (χ2v) is 5.67. The zero-order chi connectivity index (χ0) is 24.4. The topological polar surface area (TPSA) is 227 Å². The Hall–Kier alpha value is -4.02. The number of aromatic amines is 1. The molecule has 17 heteroatoms. The second kappa shape index (κ2) is 16.7. The van der Waals surface area contributed by atoms with Gasteiger partial charge in [-0.2, -0.15) is 0 Å². The molecule has 1 unspecified atom stereocenters. The highest BCUT2D eigenvalue weighted by atomic mass is 17.0. The number of amides is 2. The lowest BCUT2D eigenvalue weighted by atomic mass is 10.4. The Morgan fingerprint density at radius 1 is 1.16 bits per heavy atom. The Bertz CT molecular complexity index is 727. The van der Waals surface area contributed by atoms with Crippen LogP contribution in [0.1, 0.15) is 12.1 Å². The molecular formula is C15H24N6O11. The number of aryl methyl sites for hydroxylation is 1. The Labute approximate surface area is 180 Å². The summed E-state index contributed by atoms with van der Waals surface area (Å²) in [6.07, 6.45) is 1.94. The van der Waals surface area contributed by atoms with Crippen molar-refractivity contribution in [3.8, 4) is 0 Å². The molecule has 17 nitrogen and oxygen atoms in total. The molecule has 0 radical (unpaired) electrons. The van der Waals surface area contributed by atoms with E-state index < -0.39 is 53.9 Å². The fourth-order valence-electron chi connectivity index (χ4n) is 1.68. The minimum atomic E-state index is -1.40. The normalized spacial score (nSPS) is 10.6. The number of carbonyl (C=O) groups excluding carboxylic acids is 3. The van der Waals surface area contributed by atoms with Crippen LogP contribution in [-0.4, -0.2) is 84.0 Å². The first-order valence-corrected chi connectivity index (χ1v) is 8.85. The largest absolute Gasteiger partial charge is 0.468 e. The summed E-state index contributed by atoms with van der Waals surface area (Å²) in [6.45, 7) is -0.171. The minimum Gasteiger partial charge on any atom is -0.468 e. The molecule has 1 aromatic heterocycles. The quantitative estimate of drug-likeness (QED) is 0.159. The van der Waals surface area contributed by atoms with Crippen molar-refractivity contribution in [2.75, 3.05) is 40.0 Å². The number of hydrogen-bond acceptors (Lipinski definition) is 12. The van der Waals surface area contributed by atoms with Crippen LogP contribution in [0, 0.1) is 27.2 Å². The Morgan fingerprint density at radius 3 is 2.38 bits per heavy atom. The SMILES string of the molecule is COC(=O)CNC(=O)CCNC(=O)COCC(CO[N+](=O)[O-])O[N+](=O)[O-].Cc1cnc[nH]1. The first-order valence-electron chi connectivity index (χ1n) is 8.85. The van der Waals surface area contributed by atoms with E-state index in [-0.39, 0.29) is 19.5 Å². The molecule has 3 N–H and O–H groups in total. The van der Waals surface area contributed by atoms with Gasteiger partial charge in [0.1, 0.15) is 19.8 Å². The fourth-order valence-corrected chi connectivity index (χ4v) is 1.68. The number of ether oxygens (including phenoxy) is 2. The number of methoxy groups -OCH3 is 1. The molecule has 0 saturated heterocycles. The molecule has 32 heavy (non-hydrogen) atoms. The van der Waals surface area contributed by atoms with Crippen molar-refractivity contribution in [1.29, 1.82) is 0 Å². The molecule has 0 spiro atoms. The number of rotatable bonds is 14. The van der Waals surface area contributed by atoms with Crippen molar-refractivity contribution >= 4 is 17.8 Å². The van der Waals surface area contributed by atoms with Crippen molar-refractivity contribution in [2.45, 2.75) is 19.4 Å². The third kappa shape index (κ3) is 16.9. The van der Waals surface area contributed by atoms with Gasteiger partial charge in [0, 0.05) is 24.9 Å². The van der Waals surface area contributed by atoms with Crippen molar-refractivity contribution in [2.24, 2.45) is 0 Å². The number of esters is 1. The number of hydrogen-bond donors (Lipinski definition) is 3. The van der Waals surface area contributed by atoms with E-state index in [1.165, 1.54) is 7.11 Å². The lowest BCUT2D eigenvalue weighted by Crippen LogP contribution is -2.36. The van der Waals surface area contributed by atoms with Crippen LogP contribution in [0.3, 0.4) is 0 Å². The number of nitrogens with one attached hydrogen (secondary N) is 3. The van der Waals surface area contributed by atoms with Crippen molar-refractivity contribution in [1.82, 2.24) is 20.6 Å². The molecular weight excluding hydrogens is 440 g/mol. The number of imidazole rings is 1. The molecule has 1 aromatic rings. The number of aromatic nitrogens is 2. The van der Waals surface area contributed by atoms with E-state index >= 15 is 0 Å². The van der Waals surface area contributed by atoms with E-state index in [2.05, 4.69) is 35.0 Å². The summed E-state index contributed by atoms with van der Waals surface area (Å²) in [5.74, 6) is -1.75. The molecule has 1 rings (SSSR count). The lowest BCUT2D eigenvalue weighted by Gasteiger charge is -2.13. The molecule has 0 saturated carbocycles.